The minimum absolute atomic E-state index is 0.549. The number of rotatable bonds is 3. The summed E-state index contributed by atoms with van der Waals surface area (Å²) < 4.78 is 12.1. The second kappa shape index (κ2) is 5.17. The van der Waals surface area contributed by atoms with E-state index in [-0.39, 0.29) is 0 Å². The Hall–Kier alpha value is -2.01. The lowest BCUT2D eigenvalue weighted by Crippen LogP contribution is -1.96. The Bertz CT molecular complexity index is 768. The molecule has 20 heavy (non-hydrogen) atoms. The molecular weight excluding hydrogens is 320 g/mol. The Kier molecular flexibility index (Phi) is 3.36. The molecule has 0 aliphatic carbocycles. The minimum atomic E-state index is 0.549. The van der Waals surface area contributed by atoms with E-state index in [1.807, 2.05) is 43.3 Å². The van der Waals surface area contributed by atoms with Crippen LogP contribution in [0, 0.1) is 0 Å². The summed E-state index contributed by atoms with van der Waals surface area (Å²) >= 11 is 3.42. The van der Waals surface area contributed by atoms with Crippen LogP contribution in [0.4, 0.5) is 5.69 Å². The summed E-state index contributed by atoms with van der Waals surface area (Å²) in [5.41, 5.74) is 8.92. The maximum atomic E-state index is 5.96. The molecular formula is C15H13BrN2O2. The van der Waals surface area contributed by atoms with E-state index in [1.165, 1.54) is 0 Å². The van der Waals surface area contributed by atoms with Crippen molar-refractivity contribution < 1.29 is 9.15 Å². The van der Waals surface area contributed by atoms with E-state index in [0.717, 1.165) is 21.1 Å². The second-order valence-corrected chi connectivity index (χ2v) is 5.23. The van der Waals surface area contributed by atoms with Crippen LogP contribution in [0.25, 0.3) is 22.6 Å². The largest absolute Gasteiger partial charge is 0.492 e. The summed E-state index contributed by atoms with van der Waals surface area (Å²) in [5.74, 6) is 1.22. The lowest BCUT2D eigenvalue weighted by atomic mass is 10.2. The number of ether oxygens (including phenoxy) is 1. The van der Waals surface area contributed by atoms with Crippen LogP contribution < -0.4 is 10.5 Å². The van der Waals surface area contributed by atoms with Gasteiger partial charge in [0.15, 0.2) is 5.58 Å². The molecule has 0 atom stereocenters. The van der Waals surface area contributed by atoms with Gasteiger partial charge < -0.3 is 14.9 Å². The molecule has 4 nitrogen and oxygen atoms in total. The lowest BCUT2D eigenvalue weighted by Gasteiger charge is -2.06. The van der Waals surface area contributed by atoms with E-state index in [0.29, 0.717) is 23.9 Å². The lowest BCUT2D eigenvalue weighted by molar-refractivity contribution is 0.342. The summed E-state index contributed by atoms with van der Waals surface area (Å²) in [5, 5.41) is 0. The highest BCUT2D eigenvalue weighted by Crippen LogP contribution is 2.30. The van der Waals surface area contributed by atoms with E-state index in [1.54, 1.807) is 0 Å². The smallest absolute Gasteiger partial charge is 0.227 e. The highest BCUT2D eigenvalue weighted by atomic mass is 79.9. The number of hydrogen-bond donors (Lipinski definition) is 1. The van der Waals surface area contributed by atoms with Crippen molar-refractivity contribution in [1.29, 1.82) is 0 Å². The molecule has 1 heterocycles. The van der Waals surface area contributed by atoms with Gasteiger partial charge in [0.25, 0.3) is 0 Å². The van der Waals surface area contributed by atoms with Crippen LogP contribution in [0.3, 0.4) is 0 Å². The average Bonchev–Trinajstić information content (AvgIpc) is 2.84. The minimum Gasteiger partial charge on any atom is -0.492 e. The molecule has 0 unspecified atom stereocenters. The van der Waals surface area contributed by atoms with Crippen LogP contribution in [0.5, 0.6) is 5.75 Å². The standard InChI is InChI=1S/C15H13BrN2O2/c1-2-19-13-5-3-9(7-11(13)17)15-18-12-8-10(16)4-6-14(12)20-15/h3-8H,2,17H2,1H3. The van der Waals surface area contributed by atoms with Crippen LogP contribution >= 0.6 is 15.9 Å². The fraction of sp³-hybridized carbons (Fsp3) is 0.133. The molecule has 0 bridgehead atoms. The number of nitrogens with zero attached hydrogens (tertiary/aromatic N) is 1. The van der Waals surface area contributed by atoms with Crippen LogP contribution in [0.15, 0.2) is 45.3 Å². The Morgan fingerprint density at radius 1 is 1.25 bits per heavy atom. The first kappa shape index (κ1) is 13.0. The summed E-state index contributed by atoms with van der Waals surface area (Å²) in [4.78, 5) is 4.47. The third kappa shape index (κ3) is 2.36. The number of nitrogen functional groups attached to an aromatic ring is 1. The first-order chi connectivity index (χ1) is 9.67. The van der Waals surface area contributed by atoms with Crippen molar-refractivity contribution in [3.63, 3.8) is 0 Å². The number of nitrogens with two attached hydrogens (primary N) is 1. The van der Waals surface area contributed by atoms with Crippen LogP contribution in [-0.2, 0) is 0 Å². The van der Waals surface area contributed by atoms with Gasteiger partial charge in [-0.05, 0) is 43.3 Å². The van der Waals surface area contributed by atoms with E-state index in [9.17, 15) is 0 Å². The number of aromatic nitrogens is 1. The number of oxazole rings is 1. The summed E-state index contributed by atoms with van der Waals surface area (Å²) in [6, 6.07) is 11.3. The highest BCUT2D eigenvalue weighted by Gasteiger charge is 2.10. The van der Waals surface area contributed by atoms with Crippen LogP contribution in [-0.4, -0.2) is 11.6 Å². The van der Waals surface area contributed by atoms with Gasteiger partial charge in [-0.1, -0.05) is 15.9 Å². The predicted molar refractivity (Wildman–Crippen MR) is 82.7 cm³/mol. The molecule has 0 amide bonds. The van der Waals surface area contributed by atoms with E-state index < -0.39 is 0 Å². The van der Waals surface area contributed by atoms with Gasteiger partial charge in [0.2, 0.25) is 5.89 Å². The Morgan fingerprint density at radius 3 is 2.85 bits per heavy atom. The molecule has 0 aliphatic heterocycles. The van der Waals surface area contributed by atoms with Crippen molar-refractivity contribution in [2.24, 2.45) is 0 Å². The van der Waals surface area contributed by atoms with Gasteiger partial charge in [-0.15, -0.1) is 0 Å². The van der Waals surface area contributed by atoms with Crippen LogP contribution in [0.2, 0.25) is 0 Å². The van der Waals surface area contributed by atoms with Crippen molar-refractivity contribution in [3.05, 3.63) is 40.9 Å². The maximum Gasteiger partial charge on any atom is 0.227 e. The van der Waals surface area contributed by atoms with Gasteiger partial charge in [0.05, 0.1) is 12.3 Å². The third-order valence-electron chi connectivity index (χ3n) is 2.91. The monoisotopic (exact) mass is 332 g/mol. The molecule has 1 aromatic heterocycles. The number of fused-ring (bicyclic) bond motifs is 1. The van der Waals surface area contributed by atoms with Crippen molar-refractivity contribution >= 4 is 32.7 Å². The van der Waals surface area contributed by atoms with Crippen molar-refractivity contribution in [2.45, 2.75) is 6.92 Å². The molecule has 2 N–H and O–H groups in total. The first-order valence-electron chi connectivity index (χ1n) is 6.26. The maximum absolute atomic E-state index is 5.96. The molecule has 0 saturated carbocycles. The van der Waals surface area contributed by atoms with Crippen molar-refractivity contribution in [3.8, 4) is 17.2 Å². The normalized spacial score (nSPS) is 10.9. The van der Waals surface area contributed by atoms with Gasteiger partial charge in [-0.25, -0.2) is 4.98 Å². The first-order valence-corrected chi connectivity index (χ1v) is 7.05. The zero-order valence-electron chi connectivity index (χ0n) is 10.9. The van der Waals surface area contributed by atoms with Gasteiger partial charge >= 0.3 is 0 Å². The number of hydrogen-bond acceptors (Lipinski definition) is 4. The zero-order chi connectivity index (χ0) is 14.1. The molecule has 3 aromatic rings. The van der Waals surface area contributed by atoms with E-state index in [4.69, 9.17) is 14.9 Å². The third-order valence-corrected chi connectivity index (χ3v) is 3.40. The van der Waals surface area contributed by atoms with Crippen LogP contribution in [0.1, 0.15) is 6.92 Å². The number of halogens is 1. The van der Waals surface area contributed by atoms with E-state index in [2.05, 4.69) is 20.9 Å². The molecule has 5 heteroatoms. The molecule has 0 aliphatic rings. The molecule has 0 spiro atoms. The summed E-state index contributed by atoms with van der Waals surface area (Å²) in [7, 11) is 0. The SMILES string of the molecule is CCOc1ccc(-c2nc3cc(Br)ccc3o2)cc1N. The summed E-state index contributed by atoms with van der Waals surface area (Å²) in [6.45, 7) is 2.51. The van der Waals surface area contributed by atoms with E-state index >= 15 is 0 Å². The van der Waals surface area contributed by atoms with Gasteiger partial charge in [0.1, 0.15) is 11.3 Å². The summed E-state index contributed by atoms with van der Waals surface area (Å²) in [6.07, 6.45) is 0. The molecule has 0 radical (unpaired) electrons. The molecule has 0 fully saturated rings. The van der Waals surface area contributed by atoms with Crippen molar-refractivity contribution in [2.75, 3.05) is 12.3 Å². The molecule has 0 saturated heterocycles. The quantitative estimate of drug-likeness (QED) is 0.729. The Labute approximate surface area is 124 Å². The molecule has 102 valence electrons. The highest BCUT2D eigenvalue weighted by molar-refractivity contribution is 9.10. The fourth-order valence-electron chi connectivity index (χ4n) is 1.99. The topological polar surface area (TPSA) is 61.3 Å². The van der Waals surface area contributed by atoms with Crippen molar-refractivity contribution in [1.82, 2.24) is 4.98 Å². The second-order valence-electron chi connectivity index (χ2n) is 4.32. The zero-order valence-corrected chi connectivity index (χ0v) is 12.5. The molecule has 2 aromatic carbocycles. The Balaban J connectivity index is 2.04. The fourth-order valence-corrected chi connectivity index (χ4v) is 2.34. The van der Waals surface area contributed by atoms with Gasteiger partial charge in [-0.2, -0.15) is 0 Å². The average molecular weight is 333 g/mol. The van der Waals surface area contributed by atoms with Gasteiger partial charge in [-0.3, -0.25) is 0 Å². The Morgan fingerprint density at radius 2 is 2.10 bits per heavy atom. The molecule has 3 rings (SSSR count). The number of anilines is 1. The number of benzene rings is 2. The predicted octanol–water partition coefficient (Wildman–Crippen LogP) is 4.24. The van der Waals surface area contributed by atoms with Gasteiger partial charge in [0, 0.05) is 10.0 Å².